The Kier molecular flexibility index (Phi) is 3.24. The van der Waals surface area contributed by atoms with Gasteiger partial charge in [0, 0.05) is 0 Å². The third-order valence-corrected chi connectivity index (χ3v) is 5.58. The largest absolute Gasteiger partial charge is 0.383 e. The predicted octanol–water partition coefficient (Wildman–Crippen LogP) is 1.71. The van der Waals surface area contributed by atoms with Crippen molar-refractivity contribution in [3.63, 3.8) is 0 Å². The summed E-state index contributed by atoms with van der Waals surface area (Å²) in [6.45, 7) is 4.06. The zero-order valence-electron chi connectivity index (χ0n) is 9.85. The van der Waals surface area contributed by atoms with E-state index in [9.17, 15) is 8.42 Å². The molecule has 2 N–H and O–H groups in total. The van der Waals surface area contributed by atoms with E-state index in [0.717, 1.165) is 10.2 Å². The van der Waals surface area contributed by atoms with E-state index in [4.69, 9.17) is 5.73 Å². The van der Waals surface area contributed by atoms with E-state index < -0.39 is 9.84 Å². The number of sulfone groups is 1. The predicted molar refractivity (Wildman–Crippen MR) is 70.7 cm³/mol. The maximum atomic E-state index is 11.5. The van der Waals surface area contributed by atoms with Gasteiger partial charge in [0.05, 0.1) is 27.7 Å². The second-order valence-electron chi connectivity index (χ2n) is 4.74. The Bertz CT molecular complexity index is 536. The fourth-order valence-corrected chi connectivity index (χ4v) is 4.47. The fraction of sp³-hybridized carbons (Fsp3) is 0.700. The average molecular weight is 322 g/mol. The molecule has 5 nitrogen and oxygen atoms in total. The Morgan fingerprint density at radius 1 is 1.53 bits per heavy atom. The molecule has 7 heteroatoms. The van der Waals surface area contributed by atoms with Crippen LogP contribution in [0.25, 0.3) is 0 Å². The summed E-state index contributed by atoms with van der Waals surface area (Å²) in [5.74, 6) is 1.15. The van der Waals surface area contributed by atoms with Crippen LogP contribution in [0.5, 0.6) is 0 Å². The number of nitrogens with zero attached hydrogens (tertiary/aromatic N) is 2. The van der Waals surface area contributed by atoms with Crippen molar-refractivity contribution in [1.29, 1.82) is 0 Å². The summed E-state index contributed by atoms with van der Waals surface area (Å²) < 4.78 is 25.4. The first-order valence-corrected chi connectivity index (χ1v) is 8.17. The Hall–Kier alpha value is -0.560. The molecule has 1 saturated heterocycles. The van der Waals surface area contributed by atoms with Gasteiger partial charge >= 0.3 is 0 Å². The van der Waals surface area contributed by atoms with Crippen LogP contribution in [-0.4, -0.2) is 29.7 Å². The second kappa shape index (κ2) is 4.28. The zero-order chi connectivity index (χ0) is 12.8. The molecular weight excluding hydrogens is 306 g/mol. The van der Waals surface area contributed by atoms with Crippen LogP contribution in [0.1, 0.15) is 37.9 Å². The molecule has 0 bridgehead atoms. The summed E-state index contributed by atoms with van der Waals surface area (Å²) in [4.78, 5) is 0. The van der Waals surface area contributed by atoms with Crippen molar-refractivity contribution in [3.8, 4) is 0 Å². The van der Waals surface area contributed by atoms with Gasteiger partial charge in [-0.05, 0) is 28.3 Å². The molecule has 2 heterocycles. The van der Waals surface area contributed by atoms with Gasteiger partial charge in [0.25, 0.3) is 0 Å². The Morgan fingerprint density at radius 2 is 2.18 bits per heavy atom. The molecule has 0 aromatic carbocycles. The first-order chi connectivity index (χ1) is 7.82. The number of aromatic nitrogens is 2. The summed E-state index contributed by atoms with van der Waals surface area (Å²) in [5.41, 5.74) is 6.85. The van der Waals surface area contributed by atoms with E-state index in [2.05, 4.69) is 21.0 Å². The smallest absolute Gasteiger partial charge is 0.152 e. The highest BCUT2D eigenvalue weighted by atomic mass is 79.9. The lowest BCUT2D eigenvalue weighted by atomic mass is 10.1. The number of halogens is 1. The molecule has 2 rings (SSSR count). The molecule has 1 unspecified atom stereocenters. The third-order valence-electron chi connectivity index (χ3n) is 3.01. The lowest BCUT2D eigenvalue weighted by molar-refractivity contribution is 0.499. The Morgan fingerprint density at radius 3 is 2.59 bits per heavy atom. The summed E-state index contributed by atoms with van der Waals surface area (Å²) in [5, 5.41) is 4.44. The molecule has 0 radical (unpaired) electrons. The lowest BCUT2D eigenvalue weighted by Gasteiger charge is -2.10. The van der Waals surface area contributed by atoms with Gasteiger partial charge in [-0.2, -0.15) is 5.10 Å². The van der Waals surface area contributed by atoms with Gasteiger partial charge in [0.15, 0.2) is 9.84 Å². The average Bonchev–Trinajstić information content (AvgIpc) is 2.70. The summed E-state index contributed by atoms with van der Waals surface area (Å²) in [7, 11) is -2.92. The van der Waals surface area contributed by atoms with E-state index in [1.807, 2.05) is 13.8 Å². The third kappa shape index (κ3) is 2.35. The molecule has 0 saturated carbocycles. The lowest BCUT2D eigenvalue weighted by Crippen LogP contribution is -2.15. The summed E-state index contributed by atoms with van der Waals surface area (Å²) in [6.07, 6.45) is 0.595. The van der Waals surface area contributed by atoms with Gasteiger partial charge in [-0.25, -0.2) is 13.1 Å². The molecule has 1 aromatic heterocycles. The molecule has 1 aliphatic heterocycles. The van der Waals surface area contributed by atoms with Crippen molar-refractivity contribution in [2.75, 3.05) is 17.2 Å². The van der Waals surface area contributed by atoms with Crippen molar-refractivity contribution >= 4 is 31.6 Å². The number of anilines is 1. The van der Waals surface area contributed by atoms with Crippen LogP contribution in [0, 0.1) is 0 Å². The number of hydrogen-bond donors (Lipinski definition) is 1. The van der Waals surface area contributed by atoms with Crippen LogP contribution in [0.3, 0.4) is 0 Å². The first kappa shape index (κ1) is 12.9. The molecule has 0 spiro atoms. The van der Waals surface area contributed by atoms with Crippen molar-refractivity contribution in [3.05, 3.63) is 10.2 Å². The molecule has 1 atom stereocenters. The number of hydrogen-bond acceptors (Lipinski definition) is 4. The molecule has 1 fully saturated rings. The normalized spacial score (nSPS) is 23.4. The second-order valence-corrected chi connectivity index (χ2v) is 7.76. The van der Waals surface area contributed by atoms with Crippen molar-refractivity contribution in [2.45, 2.75) is 32.2 Å². The van der Waals surface area contributed by atoms with E-state index in [0.29, 0.717) is 12.2 Å². The first-order valence-electron chi connectivity index (χ1n) is 5.55. The minimum absolute atomic E-state index is 0.121. The molecule has 0 amide bonds. The van der Waals surface area contributed by atoms with Gasteiger partial charge in [-0.1, -0.05) is 13.8 Å². The Labute approximate surface area is 109 Å². The molecule has 96 valence electrons. The minimum Gasteiger partial charge on any atom is -0.383 e. The van der Waals surface area contributed by atoms with Crippen molar-refractivity contribution in [2.24, 2.45) is 0 Å². The number of rotatable bonds is 2. The Balaban J connectivity index is 2.38. The number of nitrogens with two attached hydrogens (primary N) is 1. The van der Waals surface area contributed by atoms with E-state index >= 15 is 0 Å². The molecule has 1 aromatic rings. The van der Waals surface area contributed by atoms with Crippen LogP contribution in [0.4, 0.5) is 5.82 Å². The van der Waals surface area contributed by atoms with Crippen LogP contribution >= 0.6 is 15.9 Å². The van der Waals surface area contributed by atoms with Crippen molar-refractivity contribution in [1.82, 2.24) is 9.78 Å². The minimum atomic E-state index is -2.92. The maximum Gasteiger partial charge on any atom is 0.152 e. The highest BCUT2D eigenvalue weighted by Crippen LogP contribution is 2.34. The van der Waals surface area contributed by atoms with Gasteiger partial charge in [-0.3, -0.25) is 0 Å². The number of nitrogen functional groups attached to an aromatic ring is 1. The van der Waals surface area contributed by atoms with Crippen LogP contribution < -0.4 is 5.73 Å². The molecule has 0 aliphatic carbocycles. The molecular formula is C10H16BrN3O2S. The fourth-order valence-electron chi connectivity index (χ4n) is 2.06. The quantitative estimate of drug-likeness (QED) is 0.899. The standard InChI is InChI=1S/C10H16BrN3O2S/c1-6(2)9-8(11)10(12)14(13-9)7-3-4-17(15,16)5-7/h6-7H,3-5,12H2,1-2H3. The zero-order valence-corrected chi connectivity index (χ0v) is 12.3. The van der Waals surface area contributed by atoms with Gasteiger partial charge in [-0.15, -0.1) is 0 Å². The molecule has 1 aliphatic rings. The monoisotopic (exact) mass is 321 g/mol. The van der Waals surface area contributed by atoms with Crippen LogP contribution in [0.15, 0.2) is 4.47 Å². The maximum absolute atomic E-state index is 11.5. The topological polar surface area (TPSA) is 78.0 Å². The van der Waals surface area contributed by atoms with Gasteiger partial charge < -0.3 is 5.73 Å². The summed E-state index contributed by atoms with van der Waals surface area (Å²) in [6, 6.07) is -0.121. The van der Waals surface area contributed by atoms with Gasteiger partial charge in [0.1, 0.15) is 5.82 Å². The SMILES string of the molecule is CC(C)c1nn(C2CCS(=O)(=O)C2)c(N)c1Br. The molecule has 17 heavy (non-hydrogen) atoms. The van der Waals surface area contributed by atoms with E-state index in [-0.39, 0.29) is 23.5 Å². The highest BCUT2D eigenvalue weighted by Gasteiger charge is 2.32. The highest BCUT2D eigenvalue weighted by molar-refractivity contribution is 9.10. The van der Waals surface area contributed by atoms with Gasteiger partial charge in [0.2, 0.25) is 0 Å². The van der Waals surface area contributed by atoms with E-state index in [1.165, 1.54) is 0 Å². The van der Waals surface area contributed by atoms with Crippen LogP contribution in [-0.2, 0) is 9.84 Å². The summed E-state index contributed by atoms with van der Waals surface area (Å²) >= 11 is 3.42. The van der Waals surface area contributed by atoms with Crippen LogP contribution in [0.2, 0.25) is 0 Å². The van der Waals surface area contributed by atoms with Crippen molar-refractivity contribution < 1.29 is 8.42 Å². The van der Waals surface area contributed by atoms with E-state index in [1.54, 1.807) is 4.68 Å².